The zero-order valence-corrected chi connectivity index (χ0v) is 11.1. The molecule has 0 saturated heterocycles. The molecule has 0 atom stereocenters. The Labute approximate surface area is 117 Å². The first-order valence-electron chi connectivity index (χ1n) is 5.43. The summed E-state index contributed by atoms with van der Waals surface area (Å²) in [5, 5.41) is 18.1. The fourth-order valence-electron chi connectivity index (χ4n) is 1.51. The molecule has 1 rings (SSSR count). The molecule has 0 radical (unpaired) electrons. The minimum Gasteiger partial charge on any atom is -0.462 e. The van der Waals surface area contributed by atoms with Gasteiger partial charge in [-0.25, -0.2) is 4.79 Å². The molecule has 1 N–H and O–H groups in total. The molecule has 1 aromatic carbocycles. The van der Waals surface area contributed by atoms with Gasteiger partial charge in [-0.2, -0.15) is 18.4 Å². The van der Waals surface area contributed by atoms with Crippen molar-refractivity contribution in [3.63, 3.8) is 0 Å². The molecule has 4 nitrogen and oxygen atoms in total. The summed E-state index contributed by atoms with van der Waals surface area (Å²) in [5.74, 6) is -0.843. The summed E-state index contributed by atoms with van der Waals surface area (Å²) in [6.07, 6.45) is 0. The second kappa shape index (κ2) is 6.63. The van der Waals surface area contributed by atoms with Crippen LogP contribution >= 0.6 is 11.8 Å². The third-order valence-electron chi connectivity index (χ3n) is 2.25. The molecule has 20 heavy (non-hydrogen) atoms. The van der Waals surface area contributed by atoms with E-state index < -0.39 is 34.7 Å². The molecule has 0 fully saturated rings. The highest BCUT2D eigenvalue weighted by Crippen LogP contribution is 2.41. The van der Waals surface area contributed by atoms with Crippen molar-refractivity contribution in [3.05, 3.63) is 28.8 Å². The monoisotopic (exact) mass is 305 g/mol. The largest absolute Gasteiger partial charge is 0.462 e. The zero-order valence-electron chi connectivity index (χ0n) is 10.3. The van der Waals surface area contributed by atoms with Gasteiger partial charge in [0.25, 0.3) is 0 Å². The highest BCUT2D eigenvalue weighted by atomic mass is 32.2. The molecule has 8 heteroatoms. The molecule has 0 saturated carbocycles. The Balaban J connectivity index is 3.41. The number of hydrogen-bond acceptors (Lipinski definition) is 5. The van der Waals surface area contributed by atoms with Crippen LogP contribution in [0.1, 0.15) is 28.4 Å². The highest BCUT2D eigenvalue weighted by Gasteiger charge is 2.33. The molecule has 0 heterocycles. The number of hydrogen-bond donors (Lipinski definition) is 1. The number of thioether (sulfide) groups is 1. The van der Waals surface area contributed by atoms with E-state index in [1.54, 1.807) is 13.0 Å². The van der Waals surface area contributed by atoms with E-state index in [2.05, 4.69) is 0 Å². The van der Waals surface area contributed by atoms with Gasteiger partial charge in [0.2, 0.25) is 0 Å². The molecule has 108 valence electrons. The fraction of sp³-hybridized carbons (Fsp3) is 0.333. The van der Waals surface area contributed by atoms with E-state index in [1.165, 1.54) is 6.07 Å². The van der Waals surface area contributed by atoms with Crippen molar-refractivity contribution >= 4 is 17.7 Å². The number of rotatable bonds is 4. The lowest BCUT2D eigenvalue weighted by Gasteiger charge is -2.14. The molecule has 0 unspecified atom stereocenters. The first-order valence-corrected chi connectivity index (χ1v) is 6.25. The van der Waals surface area contributed by atoms with Gasteiger partial charge in [0.15, 0.2) is 0 Å². The van der Waals surface area contributed by atoms with Crippen LogP contribution in [0.5, 0.6) is 0 Å². The van der Waals surface area contributed by atoms with Crippen LogP contribution in [0.15, 0.2) is 17.0 Å². The molecular formula is C12H10F3NO3S. The second-order valence-electron chi connectivity index (χ2n) is 3.51. The van der Waals surface area contributed by atoms with Crippen molar-refractivity contribution in [1.82, 2.24) is 0 Å². The van der Waals surface area contributed by atoms with Crippen molar-refractivity contribution in [3.8, 4) is 6.07 Å². The molecule has 0 aromatic heterocycles. The number of alkyl halides is 3. The summed E-state index contributed by atoms with van der Waals surface area (Å²) >= 11 is -0.537. The number of benzene rings is 1. The second-order valence-corrected chi connectivity index (χ2v) is 4.58. The number of carbonyl (C=O) groups is 1. The third kappa shape index (κ3) is 3.88. The minimum atomic E-state index is -4.64. The number of nitriles is 1. The van der Waals surface area contributed by atoms with Crippen molar-refractivity contribution in [2.45, 2.75) is 23.9 Å². The average molecular weight is 305 g/mol. The first kappa shape index (κ1) is 16.3. The minimum absolute atomic E-state index is 0.0471. The van der Waals surface area contributed by atoms with Gasteiger partial charge < -0.3 is 9.84 Å². The van der Waals surface area contributed by atoms with Crippen LogP contribution in [-0.4, -0.2) is 23.2 Å². The summed E-state index contributed by atoms with van der Waals surface area (Å²) in [6.45, 7) is 0.791. The van der Waals surface area contributed by atoms with Crippen molar-refractivity contribution < 1.29 is 27.8 Å². The van der Waals surface area contributed by atoms with Crippen LogP contribution in [0.3, 0.4) is 0 Å². The normalized spacial score (nSPS) is 11.0. The SMILES string of the molecule is CCOC(=O)c1ccc(C#N)c(SC(F)(F)F)c1CO. The zero-order chi connectivity index (χ0) is 15.3. The van der Waals surface area contributed by atoms with Crippen LogP contribution in [0, 0.1) is 11.3 Å². The summed E-state index contributed by atoms with van der Waals surface area (Å²) < 4.78 is 42.2. The van der Waals surface area contributed by atoms with Gasteiger partial charge in [-0.15, -0.1) is 0 Å². The summed E-state index contributed by atoms with van der Waals surface area (Å²) in [5.41, 5.74) is -5.34. The number of halogens is 3. The number of nitrogens with zero attached hydrogens (tertiary/aromatic N) is 1. The number of esters is 1. The Morgan fingerprint density at radius 2 is 2.15 bits per heavy atom. The summed E-state index contributed by atoms with van der Waals surface area (Å²) in [6, 6.07) is 3.87. The third-order valence-corrected chi connectivity index (χ3v) is 3.15. The van der Waals surface area contributed by atoms with Gasteiger partial charge in [0.05, 0.1) is 24.3 Å². The molecule has 0 aliphatic carbocycles. The molecule has 0 amide bonds. The van der Waals surface area contributed by atoms with E-state index in [0.29, 0.717) is 0 Å². The smallest absolute Gasteiger partial charge is 0.446 e. The lowest BCUT2D eigenvalue weighted by molar-refractivity contribution is -0.0329. The lowest BCUT2D eigenvalue weighted by atomic mass is 10.0. The lowest BCUT2D eigenvalue weighted by Crippen LogP contribution is -2.11. The Morgan fingerprint density at radius 3 is 2.60 bits per heavy atom. The topological polar surface area (TPSA) is 70.3 Å². The van der Waals surface area contributed by atoms with E-state index >= 15 is 0 Å². The van der Waals surface area contributed by atoms with Crippen LogP contribution in [0.2, 0.25) is 0 Å². The Kier molecular flexibility index (Phi) is 5.42. The summed E-state index contributed by atoms with van der Waals surface area (Å²) in [7, 11) is 0. The maximum absolute atomic E-state index is 12.5. The molecule has 1 aromatic rings. The van der Waals surface area contributed by atoms with Crippen molar-refractivity contribution in [1.29, 1.82) is 5.26 Å². The quantitative estimate of drug-likeness (QED) is 0.684. The number of aliphatic hydroxyl groups excluding tert-OH is 1. The van der Waals surface area contributed by atoms with Crippen LogP contribution in [-0.2, 0) is 11.3 Å². The number of aliphatic hydroxyl groups is 1. The molecule has 0 bridgehead atoms. The maximum atomic E-state index is 12.5. The Morgan fingerprint density at radius 1 is 1.50 bits per heavy atom. The van der Waals surface area contributed by atoms with Crippen molar-refractivity contribution in [2.75, 3.05) is 6.61 Å². The van der Waals surface area contributed by atoms with Crippen LogP contribution < -0.4 is 0 Å². The molecule has 0 spiro atoms. The first-order chi connectivity index (χ1) is 9.34. The molecule has 0 aliphatic heterocycles. The van der Waals surface area contributed by atoms with Gasteiger partial charge in [-0.05, 0) is 30.8 Å². The van der Waals surface area contributed by atoms with Crippen LogP contribution in [0.25, 0.3) is 0 Å². The van der Waals surface area contributed by atoms with Gasteiger partial charge >= 0.3 is 11.5 Å². The van der Waals surface area contributed by atoms with E-state index in [9.17, 15) is 23.1 Å². The Hall–Kier alpha value is -1.72. The van der Waals surface area contributed by atoms with Gasteiger partial charge in [0.1, 0.15) is 6.07 Å². The van der Waals surface area contributed by atoms with E-state index in [0.717, 1.165) is 6.07 Å². The van der Waals surface area contributed by atoms with Crippen molar-refractivity contribution in [2.24, 2.45) is 0 Å². The standard InChI is InChI=1S/C12H10F3NO3S/c1-2-19-11(18)8-4-3-7(5-16)10(9(8)6-17)20-12(13,14)15/h3-4,17H,2,6H2,1H3. The average Bonchev–Trinajstić information content (AvgIpc) is 2.36. The van der Waals surface area contributed by atoms with Crippen LogP contribution in [0.4, 0.5) is 13.2 Å². The molecular weight excluding hydrogens is 295 g/mol. The van der Waals surface area contributed by atoms with Gasteiger partial charge in [-0.3, -0.25) is 0 Å². The number of ether oxygens (including phenoxy) is 1. The fourth-order valence-corrected chi connectivity index (χ4v) is 2.26. The van der Waals surface area contributed by atoms with Gasteiger partial charge in [-0.1, -0.05) is 0 Å². The van der Waals surface area contributed by atoms with E-state index in [1.807, 2.05) is 0 Å². The van der Waals surface area contributed by atoms with E-state index in [-0.39, 0.29) is 23.3 Å². The Bertz CT molecular complexity index is 552. The van der Waals surface area contributed by atoms with E-state index in [4.69, 9.17) is 10.00 Å². The maximum Gasteiger partial charge on any atom is 0.446 e. The predicted octanol–water partition coefficient (Wildman–Crippen LogP) is 2.84. The predicted molar refractivity (Wildman–Crippen MR) is 64.9 cm³/mol. The highest BCUT2D eigenvalue weighted by molar-refractivity contribution is 8.00. The van der Waals surface area contributed by atoms with Gasteiger partial charge in [0, 0.05) is 10.5 Å². The summed E-state index contributed by atoms with van der Waals surface area (Å²) in [4.78, 5) is 11.2. The molecule has 0 aliphatic rings. The number of carbonyl (C=O) groups excluding carboxylic acids is 1.